The number of nitrogens with one attached hydrogen (secondary N) is 1. The maximum Gasteiger partial charge on any atom is 0.227 e. The molecule has 1 aromatic rings. The van der Waals surface area contributed by atoms with Gasteiger partial charge in [-0.25, -0.2) is 0 Å². The molecule has 1 saturated heterocycles. The summed E-state index contributed by atoms with van der Waals surface area (Å²) >= 11 is 0. The standard InChI is InChI=1S/C19H30N2O2/c1-3-5-15(2)19(23)20-18-7-4-6-17(12-18)13-21-10-8-16(14-22)9-11-21/h4,6-7,12,15-16,22H,3,5,8-11,13-14H2,1-2H3,(H,20,23). The fourth-order valence-electron chi connectivity index (χ4n) is 3.16. The fraction of sp³-hybridized carbons (Fsp3) is 0.632. The third-order valence-electron chi connectivity index (χ3n) is 4.74. The van der Waals surface area contributed by atoms with E-state index in [4.69, 9.17) is 0 Å². The van der Waals surface area contributed by atoms with Gasteiger partial charge in [-0.05, 0) is 56.0 Å². The van der Waals surface area contributed by atoms with Crippen LogP contribution in [0.25, 0.3) is 0 Å². The van der Waals surface area contributed by atoms with Gasteiger partial charge in [0.15, 0.2) is 0 Å². The molecule has 23 heavy (non-hydrogen) atoms. The second-order valence-electron chi connectivity index (χ2n) is 6.78. The molecule has 4 heteroatoms. The van der Waals surface area contributed by atoms with E-state index in [0.29, 0.717) is 12.5 Å². The lowest BCUT2D eigenvalue weighted by Gasteiger charge is -2.31. The number of likely N-dealkylation sites (tertiary alicyclic amines) is 1. The zero-order chi connectivity index (χ0) is 16.7. The first-order valence-corrected chi connectivity index (χ1v) is 8.85. The summed E-state index contributed by atoms with van der Waals surface area (Å²) in [5.41, 5.74) is 2.12. The van der Waals surface area contributed by atoms with E-state index in [1.165, 1.54) is 5.56 Å². The number of carbonyl (C=O) groups excluding carboxylic acids is 1. The van der Waals surface area contributed by atoms with E-state index in [2.05, 4.69) is 29.3 Å². The van der Waals surface area contributed by atoms with Gasteiger partial charge in [0.2, 0.25) is 5.91 Å². The predicted molar refractivity (Wildman–Crippen MR) is 94.2 cm³/mol. The fourth-order valence-corrected chi connectivity index (χ4v) is 3.16. The minimum Gasteiger partial charge on any atom is -0.396 e. The Labute approximate surface area is 139 Å². The van der Waals surface area contributed by atoms with Gasteiger partial charge in [0.05, 0.1) is 0 Å². The Morgan fingerprint density at radius 1 is 1.39 bits per heavy atom. The van der Waals surface area contributed by atoms with E-state index in [0.717, 1.165) is 51.0 Å². The Balaban J connectivity index is 1.88. The summed E-state index contributed by atoms with van der Waals surface area (Å²) in [6.45, 7) is 7.38. The van der Waals surface area contributed by atoms with Crippen molar-refractivity contribution in [3.05, 3.63) is 29.8 Å². The molecule has 0 saturated carbocycles. The molecule has 2 rings (SSSR count). The highest BCUT2D eigenvalue weighted by molar-refractivity contribution is 5.92. The van der Waals surface area contributed by atoms with Crippen molar-refractivity contribution in [3.63, 3.8) is 0 Å². The number of anilines is 1. The van der Waals surface area contributed by atoms with Gasteiger partial charge in [0, 0.05) is 24.8 Å². The summed E-state index contributed by atoms with van der Waals surface area (Å²) in [5.74, 6) is 0.630. The molecule has 0 radical (unpaired) electrons. The summed E-state index contributed by atoms with van der Waals surface area (Å²) in [5, 5.41) is 12.2. The van der Waals surface area contributed by atoms with Crippen molar-refractivity contribution in [1.29, 1.82) is 0 Å². The van der Waals surface area contributed by atoms with Crippen LogP contribution in [0.2, 0.25) is 0 Å². The number of hydrogen-bond acceptors (Lipinski definition) is 3. The monoisotopic (exact) mass is 318 g/mol. The van der Waals surface area contributed by atoms with Gasteiger partial charge in [-0.3, -0.25) is 9.69 Å². The van der Waals surface area contributed by atoms with E-state index in [1.54, 1.807) is 0 Å². The lowest BCUT2D eigenvalue weighted by Crippen LogP contribution is -2.34. The van der Waals surface area contributed by atoms with E-state index < -0.39 is 0 Å². The van der Waals surface area contributed by atoms with Crippen molar-refractivity contribution in [1.82, 2.24) is 4.90 Å². The number of amides is 1. The lowest BCUT2D eigenvalue weighted by molar-refractivity contribution is -0.119. The number of piperidine rings is 1. The molecule has 0 spiro atoms. The SMILES string of the molecule is CCCC(C)C(=O)Nc1cccc(CN2CCC(CO)CC2)c1. The van der Waals surface area contributed by atoms with Crippen molar-refractivity contribution in [3.8, 4) is 0 Å². The van der Waals surface area contributed by atoms with Gasteiger partial charge in [0.25, 0.3) is 0 Å². The molecule has 0 bridgehead atoms. The number of nitrogens with zero attached hydrogens (tertiary/aromatic N) is 1. The van der Waals surface area contributed by atoms with Crippen molar-refractivity contribution in [2.75, 3.05) is 25.0 Å². The largest absolute Gasteiger partial charge is 0.396 e. The first-order valence-electron chi connectivity index (χ1n) is 8.85. The number of benzene rings is 1. The molecule has 0 aliphatic carbocycles. The predicted octanol–water partition coefficient (Wildman–Crippen LogP) is 3.27. The molecule has 1 amide bonds. The number of hydrogen-bond donors (Lipinski definition) is 2. The van der Waals surface area contributed by atoms with Crippen LogP contribution in [0.4, 0.5) is 5.69 Å². The van der Waals surface area contributed by atoms with Gasteiger partial charge in [-0.2, -0.15) is 0 Å². The minimum atomic E-state index is 0.0566. The smallest absolute Gasteiger partial charge is 0.227 e. The van der Waals surface area contributed by atoms with Gasteiger partial charge < -0.3 is 10.4 Å². The number of aliphatic hydroxyl groups excluding tert-OH is 1. The Morgan fingerprint density at radius 3 is 2.78 bits per heavy atom. The first kappa shape index (κ1) is 18.0. The van der Waals surface area contributed by atoms with Crippen LogP contribution in [0.15, 0.2) is 24.3 Å². The Bertz CT molecular complexity index is 496. The van der Waals surface area contributed by atoms with E-state index >= 15 is 0 Å². The summed E-state index contributed by atoms with van der Waals surface area (Å²) < 4.78 is 0. The highest BCUT2D eigenvalue weighted by atomic mass is 16.3. The van der Waals surface area contributed by atoms with Crippen LogP contribution >= 0.6 is 0 Å². The van der Waals surface area contributed by atoms with Crippen LogP contribution in [0.3, 0.4) is 0 Å². The van der Waals surface area contributed by atoms with Gasteiger partial charge in [-0.1, -0.05) is 32.4 Å². The molecule has 1 aliphatic rings. The Hall–Kier alpha value is -1.39. The van der Waals surface area contributed by atoms with E-state index in [9.17, 15) is 9.90 Å². The number of rotatable bonds is 7. The van der Waals surface area contributed by atoms with Gasteiger partial charge >= 0.3 is 0 Å². The van der Waals surface area contributed by atoms with Crippen LogP contribution in [0, 0.1) is 11.8 Å². The average molecular weight is 318 g/mol. The number of aliphatic hydroxyl groups is 1. The molecule has 0 aromatic heterocycles. The third kappa shape index (κ3) is 5.63. The van der Waals surface area contributed by atoms with E-state index in [1.807, 2.05) is 19.1 Å². The Morgan fingerprint density at radius 2 is 2.13 bits per heavy atom. The van der Waals surface area contributed by atoms with Crippen LogP contribution < -0.4 is 5.32 Å². The molecular weight excluding hydrogens is 288 g/mol. The second-order valence-corrected chi connectivity index (χ2v) is 6.78. The normalized spacial score (nSPS) is 17.9. The van der Waals surface area contributed by atoms with Gasteiger partial charge in [0.1, 0.15) is 0 Å². The molecule has 1 heterocycles. The third-order valence-corrected chi connectivity index (χ3v) is 4.74. The molecule has 128 valence electrons. The molecule has 1 fully saturated rings. The summed E-state index contributed by atoms with van der Waals surface area (Å²) in [6.07, 6.45) is 4.09. The molecular formula is C19H30N2O2. The second kappa shape index (κ2) is 9.04. The summed E-state index contributed by atoms with van der Waals surface area (Å²) in [6, 6.07) is 8.16. The zero-order valence-electron chi connectivity index (χ0n) is 14.4. The highest BCUT2D eigenvalue weighted by Gasteiger charge is 2.18. The first-order chi connectivity index (χ1) is 11.1. The molecule has 2 N–H and O–H groups in total. The number of carbonyl (C=O) groups is 1. The maximum absolute atomic E-state index is 12.1. The zero-order valence-corrected chi connectivity index (χ0v) is 14.4. The van der Waals surface area contributed by atoms with Crippen molar-refractivity contribution < 1.29 is 9.90 Å². The summed E-state index contributed by atoms with van der Waals surface area (Å²) in [7, 11) is 0. The minimum absolute atomic E-state index is 0.0566. The topological polar surface area (TPSA) is 52.6 Å². The van der Waals surface area contributed by atoms with Crippen molar-refractivity contribution in [2.45, 2.75) is 46.1 Å². The van der Waals surface area contributed by atoms with Crippen LogP contribution in [-0.4, -0.2) is 35.6 Å². The van der Waals surface area contributed by atoms with Crippen LogP contribution in [0.1, 0.15) is 45.1 Å². The molecule has 1 aromatic carbocycles. The quantitative estimate of drug-likeness (QED) is 0.811. The highest BCUT2D eigenvalue weighted by Crippen LogP contribution is 2.20. The Kier molecular flexibility index (Phi) is 7.06. The van der Waals surface area contributed by atoms with Crippen LogP contribution in [-0.2, 0) is 11.3 Å². The maximum atomic E-state index is 12.1. The summed E-state index contributed by atoms with van der Waals surface area (Å²) in [4.78, 5) is 14.6. The van der Waals surface area contributed by atoms with Crippen LogP contribution in [0.5, 0.6) is 0 Å². The molecule has 1 atom stereocenters. The average Bonchev–Trinajstić information content (AvgIpc) is 2.56. The molecule has 1 unspecified atom stereocenters. The van der Waals surface area contributed by atoms with Gasteiger partial charge in [-0.15, -0.1) is 0 Å². The molecule has 4 nitrogen and oxygen atoms in total. The van der Waals surface area contributed by atoms with E-state index in [-0.39, 0.29) is 11.8 Å². The van der Waals surface area contributed by atoms with Crippen molar-refractivity contribution >= 4 is 11.6 Å². The lowest BCUT2D eigenvalue weighted by atomic mass is 9.97. The van der Waals surface area contributed by atoms with Crippen molar-refractivity contribution in [2.24, 2.45) is 11.8 Å². The molecule has 1 aliphatic heterocycles.